The van der Waals surface area contributed by atoms with Gasteiger partial charge in [0.05, 0.1) is 24.0 Å². The summed E-state index contributed by atoms with van der Waals surface area (Å²) in [5, 5.41) is 12.0. The van der Waals surface area contributed by atoms with Crippen molar-refractivity contribution in [2.24, 2.45) is 0 Å². The van der Waals surface area contributed by atoms with Crippen LogP contribution in [0.4, 0.5) is 0 Å². The fourth-order valence-corrected chi connectivity index (χ4v) is 4.73. The molecule has 0 saturated heterocycles. The molecule has 0 bridgehead atoms. The quantitative estimate of drug-likeness (QED) is 0.345. The van der Waals surface area contributed by atoms with E-state index in [2.05, 4.69) is 5.32 Å². The summed E-state index contributed by atoms with van der Waals surface area (Å²) < 4.78 is 29.7. The zero-order chi connectivity index (χ0) is 27.9. The second-order valence-electron chi connectivity index (χ2n) is 8.56. The first-order chi connectivity index (χ1) is 18.0. The SMILES string of the molecule is COC(=O)[C@H](Cc1ccc(-c2cccc(CN(CC(=O)O)S(C)(=O)=O)c2)cc1)NC(=O)c1ccccc1Cl. The second kappa shape index (κ2) is 12.7. The van der Waals surface area contributed by atoms with E-state index in [-0.39, 0.29) is 23.6 Å². The summed E-state index contributed by atoms with van der Waals surface area (Å²) in [6, 6.07) is 20.0. The molecule has 9 nitrogen and oxygen atoms in total. The van der Waals surface area contributed by atoms with Gasteiger partial charge in [-0.15, -0.1) is 0 Å². The van der Waals surface area contributed by atoms with Crippen molar-refractivity contribution in [2.75, 3.05) is 19.9 Å². The number of carbonyl (C=O) groups excluding carboxylic acids is 2. The molecule has 1 atom stereocenters. The molecule has 0 fully saturated rings. The van der Waals surface area contributed by atoms with Gasteiger partial charge in [0.15, 0.2) is 0 Å². The van der Waals surface area contributed by atoms with Crippen LogP contribution in [-0.2, 0) is 37.3 Å². The minimum absolute atomic E-state index is 0.0804. The van der Waals surface area contributed by atoms with E-state index in [9.17, 15) is 22.8 Å². The van der Waals surface area contributed by atoms with Gasteiger partial charge in [-0.2, -0.15) is 4.31 Å². The highest BCUT2D eigenvalue weighted by molar-refractivity contribution is 7.88. The number of benzene rings is 3. The predicted molar refractivity (Wildman–Crippen MR) is 143 cm³/mol. The van der Waals surface area contributed by atoms with Crippen LogP contribution in [0, 0.1) is 0 Å². The lowest BCUT2D eigenvalue weighted by molar-refractivity contribution is -0.143. The summed E-state index contributed by atoms with van der Waals surface area (Å²) in [5.41, 5.74) is 3.27. The summed E-state index contributed by atoms with van der Waals surface area (Å²) in [6.07, 6.45) is 1.15. The van der Waals surface area contributed by atoms with Gasteiger partial charge in [-0.1, -0.05) is 66.2 Å². The molecule has 0 heterocycles. The highest BCUT2D eigenvalue weighted by Gasteiger charge is 2.24. The fraction of sp³-hybridized carbons (Fsp3) is 0.222. The Kier molecular flexibility index (Phi) is 9.62. The molecular weight excluding hydrogens is 532 g/mol. The van der Waals surface area contributed by atoms with Crippen molar-refractivity contribution in [1.82, 2.24) is 9.62 Å². The average molecular weight is 559 g/mol. The van der Waals surface area contributed by atoms with Crippen LogP contribution in [0.5, 0.6) is 0 Å². The normalized spacial score (nSPS) is 12.1. The van der Waals surface area contributed by atoms with Crippen molar-refractivity contribution in [1.29, 1.82) is 0 Å². The summed E-state index contributed by atoms with van der Waals surface area (Å²) >= 11 is 6.10. The van der Waals surface area contributed by atoms with Crippen LogP contribution in [0.25, 0.3) is 11.1 Å². The third-order valence-electron chi connectivity index (χ3n) is 5.70. The third kappa shape index (κ3) is 7.88. The summed E-state index contributed by atoms with van der Waals surface area (Å²) in [5.74, 6) is -2.33. The smallest absolute Gasteiger partial charge is 0.328 e. The standard InChI is InChI=1S/C27H27ClN2O7S/c1-37-27(34)24(29-26(33)22-8-3-4-9-23(22)28)15-18-10-12-20(13-11-18)21-7-5-6-19(14-21)16-30(17-25(31)32)38(2,35)36/h3-14,24H,15-17H2,1-2H3,(H,29,33)(H,31,32)/t24-/m0/s1. The van der Waals surface area contributed by atoms with Gasteiger partial charge in [0.2, 0.25) is 10.0 Å². The number of sulfonamides is 1. The molecule has 0 aliphatic carbocycles. The van der Waals surface area contributed by atoms with E-state index < -0.39 is 40.5 Å². The zero-order valence-corrected chi connectivity index (χ0v) is 22.3. The maximum absolute atomic E-state index is 12.7. The van der Waals surface area contributed by atoms with Crippen molar-refractivity contribution in [3.8, 4) is 11.1 Å². The van der Waals surface area contributed by atoms with Crippen LogP contribution < -0.4 is 5.32 Å². The number of aliphatic carboxylic acids is 1. The number of amides is 1. The molecule has 200 valence electrons. The van der Waals surface area contributed by atoms with E-state index in [1.807, 2.05) is 30.3 Å². The van der Waals surface area contributed by atoms with Crippen molar-refractivity contribution < 1.29 is 32.6 Å². The molecule has 38 heavy (non-hydrogen) atoms. The lowest BCUT2D eigenvalue weighted by Crippen LogP contribution is -2.43. The number of carboxylic acids is 1. The fourth-order valence-electron chi connectivity index (χ4n) is 3.78. The summed E-state index contributed by atoms with van der Waals surface area (Å²) in [4.78, 5) is 36.1. The molecular formula is C27H27ClN2O7S. The Morgan fingerprint density at radius 2 is 1.66 bits per heavy atom. The molecule has 0 saturated carbocycles. The lowest BCUT2D eigenvalue weighted by Gasteiger charge is -2.18. The lowest BCUT2D eigenvalue weighted by atomic mass is 9.99. The number of halogens is 1. The van der Waals surface area contributed by atoms with Gasteiger partial charge < -0.3 is 15.2 Å². The molecule has 1 amide bonds. The van der Waals surface area contributed by atoms with Gasteiger partial charge in [-0.25, -0.2) is 13.2 Å². The minimum Gasteiger partial charge on any atom is -0.480 e. The minimum atomic E-state index is -3.71. The molecule has 2 N–H and O–H groups in total. The van der Waals surface area contributed by atoms with Crippen LogP contribution in [0.2, 0.25) is 5.02 Å². The molecule has 0 aliphatic heterocycles. The highest BCUT2D eigenvalue weighted by atomic mass is 35.5. The Morgan fingerprint density at radius 1 is 0.974 bits per heavy atom. The third-order valence-corrected chi connectivity index (χ3v) is 7.23. The van der Waals surface area contributed by atoms with E-state index in [1.54, 1.807) is 42.5 Å². The van der Waals surface area contributed by atoms with Gasteiger partial charge in [-0.05, 0) is 40.5 Å². The number of rotatable bonds is 11. The van der Waals surface area contributed by atoms with E-state index in [1.165, 1.54) is 7.11 Å². The van der Waals surface area contributed by atoms with E-state index >= 15 is 0 Å². The Balaban J connectivity index is 1.76. The van der Waals surface area contributed by atoms with Crippen LogP contribution in [0.15, 0.2) is 72.8 Å². The number of nitrogens with one attached hydrogen (secondary N) is 1. The first-order valence-corrected chi connectivity index (χ1v) is 13.7. The predicted octanol–water partition coefficient (Wildman–Crippen LogP) is 3.37. The van der Waals surface area contributed by atoms with E-state index in [0.29, 0.717) is 5.56 Å². The second-order valence-corrected chi connectivity index (χ2v) is 10.9. The number of nitrogens with zero attached hydrogens (tertiary/aromatic N) is 1. The Morgan fingerprint density at radius 3 is 2.26 bits per heavy atom. The zero-order valence-electron chi connectivity index (χ0n) is 20.8. The molecule has 0 unspecified atom stereocenters. The first-order valence-electron chi connectivity index (χ1n) is 11.5. The largest absolute Gasteiger partial charge is 0.480 e. The number of methoxy groups -OCH3 is 1. The van der Waals surface area contributed by atoms with Gasteiger partial charge in [0, 0.05) is 13.0 Å². The average Bonchev–Trinajstić information content (AvgIpc) is 2.87. The van der Waals surface area contributed by atoms with Gasteiger partial charge >= 0.3 is 11.9 Å². The maximum atomic E-state index is 12.7. The Labute approximate surface area is 226 Å². The van der Waals surface area contributed by atoms with Crippen LogP contribution in [0.1, 0.15) is 21.5 Å². The molecule has 0 aromatic heterocycles. The molecule has 11 heteroatoms. The monoisotopic (exact) mass is 558 g/mol. The number of esters is 1. The van der Waals surface area contributed by atoms with Gasteiger partial charge in [0.1, 0.15) is 12.6 Å². The van der Waals surface area contributed by atoms with Crippen LogP contribution in [-0.4, -0.2) is 61.6 Å². The number of carboxylic acid groups (broad SMARTS) is 1. The molecule has 0 aliphatic rings. The summed E-state index contributed by atoms with van der Waals surface area (Å²) in [7, 11) is -2.47. The Hall–Kier alpha value is -3.73. The van der Waals surface area contributed by atoms with Crippen molar-refractivity contribution in [2.45, 2.75) is 19.0 Å². The van der Waals surface area contributed by atoms with Crippen LogP contribution in [0.3, 0.4) is 0 Å². The number of carbonyl (C=O) groups is 3. The van der Waals surface area contributed by atoms with E-state index in [0.717, 1.165) is 27.3 Å². The Bertz CT molecular complexity index is 1430. The van der Waals surface area contributed by atoms with Crippen molar-refractivity contribution in [3.63, 3.8) is 0 Å². The topological polar surface area (TPSA) is 130 Å². The molecule has 0 spiro atoms. The van der Waals surface area contributed by atoms with Gasteiger partial charge in [-0.3, -0.25) is 9.59 Å². The number of ether oxygens (including phenoxy) is 1. The number of hydrogen-bond acceptors (Lipinski definition) is 6. The molecule has 3 aromatic carbocycles. The van der Waals surface area contributed by atoms with Gasteiger partial charge in [0.25, 0.3) is 5.91 Å². The maximum Gasteiger partial charge on any atom is 0.328 e. The van der Waals surface area contributed by atoms with Crippen LogP contribution >= 0.6 is 11.6 Å². The summed E-state index contributed by atoms with van der Waals surface area (Å²) in [6.45, 7) is -0.713. The molecule has 0 radical (unpaired) electrons. The van der Waals surface area contributed by atoms with E-state index in [4.69, 9.17) is 21.4 Å². The first kappa shape index (κ1) is 28.8. The van der Waals surface area contributed by atoms with Crippen molar-refractivity contribution in [3.05, 3.63) is 94.5 Å². The molecule has 3 aromatic rings. The molecule has 3 rings (SSSR count). The number of hydrogen-bond donors (Lipinski definition) is 2. The van der Waals surface area contributed by atoms with Crippen molar-refractivity contribution >= 4 is 39.5 Å². The highest BCUT2D eigenvalue weighted by Crippen LogP contribution is 2.23.